The minimum Gasteiger partial charge on any atom is -0.375 e. The molecular weight excluding hydrogens is 244 g/mol. The minimum atomic E-state index is -0.293. The van der Waals surface area contributed by atoms with E-state index < -0.39 is 0 Å². The van der Waals surface area contributed by atoms with Crippen LogP contribution in [0.25, 0.3) is 0 Å². The molecule has 5 nitrogen and oxygen atoms in total. The smallest absolute Gasteiger partial charge is 0.290 e. The second-order valence-corrected chi connectivity index (χ2v) is 4.18. The fourth-order valence-corrected chi connectivity index (χ4v) is 1.75. The number of amides is 1. The average molecular weight is 260 g/mol. The highest BCUT2D eigenvalue weighted by molar-refractivity contribution is 5.91. The second-order valence-electron chi connectivity index (χ2n) is 4.18. The summed E-state index contributed by atoms with van der Waals surface area (Å²) in [6.07, 6.45) is -0.186. The Morgan fingerprint density at radius 3 is 2.74 bits per heavy atom. The normalized spacial score (nSPS) is 12.1. The highest BCUT2D eigenvalue weighted by Crippen LogP contribution is 2.15. The molecule has 5 heteroatoms. The van der Waals surface area contributed by atoms with Gasteiger partial charge in [0.1, 0.15) is 0 Å². The predicted molar refractivity (Wildman–Crippen MR) is 69.8 cm³/mol. The lowest BCUT2D eigenvalue weighted by Gasteiger charge is -2.15. The van der Waals surface area contributed by atoms with E-state index in [1.165, 1.54) is 0 Å². The maximum absolute atomic E-state index is 11.8. The van der Waals surface area contributed by atoms with Gasteiger partial charge < -0.3 is 14.6 Å². The third kappa shape index (κ3) is 3.42. The Morgan fingerprint density at radius 2 is 2.16 bits per heavy atom. The van der Waals surface area contributed by atoms with Crippen LogP contribution in [0.2, 0.25) is 0 Å². The summed E-state index contributed by atoms with van der Waals surface area (Å²) in [5.74, 6) is -0.0843. The molecule has 1 aromatic carbocycles. The van der Waals surface area contributed by atoms with Crippen LogP contribution >= 0.6 is 0 Å². The fraction of sp³-hybridized carbons (Fsp3) is 0.286. The monoisotopic (exact) mass is 260 g/mol. The first-order valence-corrected chi connectivity index (χ1v) is 6.00. The number of carbonyl (C=O) groups is 1. The maximum atomic E-state index is 11.8. The van der Waals surface area contributed by atoms with Crippen molar-refractivity contribution >= 4 is 5.91 Å². The number of hydrogen-bond acceptors (Lipinski definition) is 4. The van der Waals surface area contributed by atoms with Gasteiger partial charge in [0.2, 0.25) is 5.76 Å². The van der Waals surface area contributed by atoms with Gasteiger partial charge in [-0.2, -0.15) is 0 Å². The Balaban J connectivity index is 1.95. The molecule has 0 aliphatic rings. The van der Waals surface area contributed by atoms with Crippen molar-refractivity contribution in [2.24, 2.45) is 0 Å². The molecule has 19 heavy (non-hydrogen) atoms. The molecule has 0 saturated heterocycles. The molecule has 100 valence electrons. The second kappa shape index (κ2) is 6.15. The van der Waals surface area contributed by atoms with Crippen molar-refractivity contribution < 1.29 is 14.1 Å². The van der Waals surface area contributed by atoms with Gasteiger partial charge in [-0.25, -0.2) is 0 Å². The van der Waals surface area contributed by atoms with Crippen molar-refractivity contribution in [3.63, 3.8) is 0 Å². The standard InChI is InChI=1S/C14H16N2O3/c1-10-8-12(19-16-10)14(17)15-9-13(18-2)11-6-4-3-5-7-11/h3-8,13H,9H2,1-2H3,(H,15,17). The number of ether oxygens (including phenoxy) is 1. The molecule has 1 unspecified atom stereocenters. The van der Waals surface area contributed by atoms with Crippen molar-refractivity contribution in [3.8, 4) is 0 Å². The number of nitrogens with one attached hydrogen (secondary N) is 1. The first-order valence-electron chi connectivity index (χ1n) is 6.00. The molecule has 0 aliphatic carbocycles. The van der Waals surface area contributed by atoms with E-state index in [-0.39, 0.29) is 17.8 Å². The van der Waals surface area contributed by atoms with E-state index in [1.807, 2.05) is 30.3 Å². The van der Waals surface area contributed by atoms with Crippen LogP contribution in [0.1, 0.15) is 27.9 Å². The van der Waals surface area contributed by atoms with Crippen LogP contribution in [0, 0.1) is 6.92 Å². The molecule has 0 fully saturated rings. The Kier molecular flexibility index (Phi) is 4.30. The molecule has 1 heterocycles. The number of aryl methyl sites for hydroxylation is 1. The molecule has 1 atom stereocenters. The third-order valence-corrected chi connectivity index (χ3v) is 2.76. The Bertz CT molecular complexity index is 537. The summed E-state index contributed by atoms with van der Waals surface area (Å²) in [6.45, 7) is 2.14. The van der Waals surface area contributed by atoms with Crippen LogP contribution in [0.15, 0.2) is 40.9 Å². The number of benzene rings is 1. The van der Waals surface area contributed by atoms with Crippen LogP contribution in [-0.4, -0.2) is 24.7 Å². The molecule has 0 saturated carbocycles. The predicted octanol–water partition coefficient (Wildman–Crippen LogP) is 2.10. The van der Waals surface area contributed by atoms with Crippen molar-refractivity contribution in [3.05, 3.63) is 53.4 Å². The van der Waals surface area contributed by atoms with E-state index in [0.29, 0.717) is 12.2 Å². The van der Waals surface area contributed by atoms with Crippen molar-refractivity contribution in [2.45, 2.75) is 13.0 Å². The highest BCUT2D eigenvalue weighted by atomic mass is 16.5. The summed E-state index contributed by atoms with van der Waals surface area (Å²) in [7, 11) is 1.61. The SMILES string of the molecule is COC(CNC(=O)c1cc(C)no1)c1ccccc1. The van der Waals surface area contributed by atoms with Gasteiger partial charge in [-0.15, -0.1) is 0 Å². The van der Waals surface area contributed by atoms with Gasteiger partial charge in [-0.05, 0) is 12.5 Å². The molecule has 0 bridgehead atoms. The van der Waals surface area contributed by atoms with Crippen molar-refractivity contribution in [1.82, 2.24) is 10.5 Å². The quantitative estimate of drug-likeness (QED) is 0.894. The lowest BCUT2D eigenvalue weighted by atomic mass is 10.1. The molecule has 2 aromatic rings. The van der Waals surface area contributed by atoms with E-state index in [1.54, 1.807) is 20.1 Å². The largest absolute Gasteiger partial charge is 0.375 e. The lowest BCUT2D eigenvalue weighted by molar-refractivity contribution is 0.0800. The number of methoxy groups -OCH3 is 1. The average Bonchev–Trinajstić information content (AvgIpc) is 2.87. The van der Waals surface area contributed by atoms with Gasteiger partial charge >= 0.3 is 0 Å². The summed E-state index contributed by atoms with van der Waals surface area (Å²) in [4.78, 5) is 11.8. The Hall–Kier alpha value is -2.14. The van der Waals surface area contributed by atoms with Crippen LogP contribution in [0.3, 0.4) is 0 Å². The van der Waals surface area contributed by atoms with Gasteiger partial charge in [0.25, 0.3) is 5.91 Å². The van der Waals surface area contributed by atoms with Crippen LogP contribution in [0.4, 0.5) is 0 Å². The number of nitrogens with zero attached hydrogens (tertiary/aromatic N) is 1. The number of carbonyl (C=O) groups excluding carboxylic acids is 1. The van der Waals surface area contributed by atoms with Crippen LogP contribution in [-0.2, 0) is 4.74 Å². The summed E-state index contributed by atoms with van der Waals surface area (Å²) in [5, 5.41) is 6.44. The van der Waals surface area contributed by atoms with Crippen molar-refractivity contribution in [1.29, 1.82) is 0 Å². The summed E-state index contributed by atoms with van der Waals surface area (Å²) < 4.78 is 10.3. The van der Waals surface area contributed by atoms with Gasteiger partial charge in [0, 0.05) is 19.7 Å². The molecule has 0 radical (unpaired) electrons. The molecule has 0 spiro atoms. The lowest BCUT2D eigenvalue weighted by Crippen LogP contribution is -2.28. The van der Waals surface area contributed by atoms with Crippen molar-refractivity contribution in [2.75, 3.05) is 13.7 Å². The number of hydrogen-bond donors (Lipinski definition) is 1. The summed E-state index contributed by atoms with van der Waals surface area (Å²) >= 11 is 0. The summed E-state index contributed by atoms with van der Waals surface area (Å²) in [6, 6.07) is 11.3. The van der Waals surface area contributed by atoms with E-state index in [9.17, 15) is 4.79 Å². The summed E-state index contributed by atoms with van der Waals surface area (Å²) in [5.41, 5.74) is 1.69. The Morgan fingerprint density at radius 1 is 1.42 bits per heavy atom. The zero-order valence-corrected chi connectivity index (χ0v) is 10.9. The first-order chi connectivity index (χ1) is 9.20. The molecule has 2 rings (SSSR count). The van der Waals surface area contributed by atoms with E-state index in [0.717, 1.165) is 5.56 Å². The van der Waals surface area contributed by atoms with Gasteiger partial charge in [-0.3, -0.25) is 4.79 Å². The van der Waals surface area contributed by atoms with Crippen LogP contribution in [0.5, 0.6) is 0 Å². The van der Waals surface area contributed by atoms with Gasteiger partial charge in [0.15, 0.2) is 0 Å². The molecular formula is C14H16N2O3. The highest BCUT2D eigenvalue weighted by Gasteiger charge is 2.15. The number of rotatable bonds is 5. The van der Waals surface area contributed by atoms with E-state index in [4.69, 9.17) is 9.26 Å². The molecule has 1 aromatic heterocycles. The Labute approximate surface area is 111 Å². The topological polar surface area (TPSA) is 64.4 Å². The molecule has 1 N–H and O–H groups in total. The minimum absolute atomic E-state index is 0.186. The zero-order valence-electron chi connectivity index (χ0n) is 10.9. The van der Waals surface area contributed by atoms with Gasteiger partial charge in [0.05, 0.1) is 11.8 Å². The third-order valence-electron chi connectivity index (χ3n) is 2.76. The first kappa shape index (κ1) is 13.3. The van der Waals surface area contributed by atoms with Crippen LogP contribution < -0.4 is 5.32 Å². The molecule has 0 aliphatic heterocycles. The fourth-order valence-electron chi connectivity index (χ4n) is 1.75. The van der Waals surface area contributed by atoms with E-state index in [2.05, 4.69) is 10.5 Å². The molecule has 1 amide bonds. The van der Waals surface area contributed by atoms with E-state index >= 15 is 0 Å². The number of aromatic nitrogens is 1. The maximum Gasteiger partial charge on any atom is 0.290 e. The van der Waals surface area contributed by atoms with Gasteiger partial charge in [-0.1, -0.05) is 35.5 Å². The zero-order chi connectivity index (χ0) is 13.7.